The van der Waals surface area contributed by atoms with E-state index in [1.807, 2.05) is 25.1 Å². The van der Waals surface area contributed by atoms with Crippen molar-refractivity contribution in [1.29, 1.82) is 0 Å². The van der Waals surface area contributed by atoms with E-state index < -0.39 is 11.3 Å². The smallest absolute Gasteiger partial charge is 0.281 e. The van der Waals surface area contributed by atoms with Crippen molar-refractivity contribution in [2.75, 3.05) is 5.32 Å². The second kappa shape index (κ2) is 7.18. The Labute approximate surface area is 169 Å². The highest BCUT2D eigenvalue weighted by Crippen LogP contribution is 2.26. The van der Waals surface area contributed by atoms with Gasteiger partial charge in [0.1, 0.15) is 0 Å². The van der Waals surface area contributed by atoms with Crippen molar-refractivity contribution >= 4 is 44.2 Å². The van der Waals surface area contributed by atoms with Crippen LogP contribution in [0.4, 0.5) is 5.13 Å². The van der Waals surface area contributed by atoms with Gasteiger partial charge in [-0.05, 0) is 55.8 Å². The maximum atomic E-state index is 12.7. The van der Waals surface area contributed by atoms with Gasteiger partial charge in [0, 0.05) is 16.8 Å². The van der Waals surface area contributed by atoms with Crippen molar-refractivity contribution in [2.24, 2.45) is 0 Å². The number of thiazole rings is 1. The summed E-state index contributed by atoms with van der Waals surface area (Å²) in [6, 6.07) is 14.2. The van der Waals surface area contributed by atoms with Crippen LogP contribution in [0.25, 0.3) is 15.9 Å². The van der Waals surface area contributed by atoms with E-state index in [1.165, 1.54) is 22.1 Å². The Morgan fingerprint density at radius 2 is 1.86 bits per heavy atom. The van der Waals surface area contributed by atoms with Crippen LogP contribution in [-0.4, -0.2) is 20.7 Å². The second-order valence-corrected chi connectivity index (χ2v) is 7.80. The van der Waals surface area contributed by atoms with Crippen molar-refractivity contribution in [3.05, 3.63) is 80.7 Å². The highest BCUT2D eigenvalue weighted by Gasteiger charge is 2.17. The van der Waals surface area contributed by atoms with Crippen LogP contribution in [0, 0.1) is 13.8 Å². The molecule has 4 rings (SSSR count). The minimum absolute atomic E-state index is 0.198. The molecule has 0 spiro atoms. The molecular formula is C20H15ClN4O2S. The third kappa shape index (κ3) is 3.54. The van der Waals surface area contributed by atoms with Crippen molar-refractivity contribution in [2.45, 2.75) is 13.8 Å². The SMILES string of the molecule is Cc1ccc2nc(NC(=O)c3nn(-c4ccc(Cl)cc4)c(C)cc3=O)sc2c1. The lowest BCUT2D eigenvalue weighted by Gasteiger charge is -2.11. The number of carbonyl (C=O) groups is 1. The highest BCUT2D eigenvalue weighted by molar-refractivity contribution is 7.22. The molecule has 0 atom stereocenters. The summed E-state index contributed by atoms with van der Waals surface area (Å²) in [7, 11) is 0. The van der Waals surface area contributed by atoms with Gasteiger partial charge >= 0.3 is 0 Å². The second-order valence-electron chi connectivity index (χ2n) is 6.33. The first-order chi connectivity index (χ1) is 13.4. The van der Waals surface area contributed by atoms with E-state index in [0.29, 0.717) is 21.5 Å². The molecule has 1 N–H and O–H groups in total. The molecule has 0 aliphatic rings. The van der Waals surface area contributed by atoms with Crippen LogP contribution in [0.15, 0.2) is 53.3 Å². The minimum atomic E-state index is -0.594. The van der Waals surface area contributed by atoms with Gasteiger partial charge in [-0.25, -0.2) is 9.67 Å². The number of benzene rings is 2. The molecule has 140 valence electrons. The van der Waals surface area contributed by atoms with Gasteiger partial charge in [0.25, 0.3) is 5.91 Å². The Morgan fingerprint density at radius 3 is 2.61 bits per heavy atom. The Balaban J connectivity index is 1.69. The zero-order chi connectivity index (χ0) is 19.8. The molecular weight excluding hydrogens is 396 g/mol. The van der Waals surface area contributed by atoms with Crippen LogP contribution >= 0.6 is 22.9 Å². The van der Waals surface area contributed by atoms with Gasteiger partial charge in [0.15, 0.2) is 10.8 Å². The van der Waals surface area contributed by atoms with Gasteiger partial charge in [-0.15, -0.1) is 0 Å². The summed E-state index contributed by atoms with van der Waals surface area (Å²) >= 11 is 7.28. The summed E-state index contributed by atoms with van der Waals surface area (Å²) in [5.41, 5.74) is 2.57. The molecule has 1 amide bonds. The molecule has 0 fully saturated rings. The number of hydrogen-bond donors (Lipinski definition) is 1. The number of halogens is 1. The largest absolute Gasteiger partial charge is 0.296 e. The van der Waals surface area contributed by atoms with E-state index in [2.05, 4.69) is 15.4 Å². The predicted molar refractivity (Wildman–Crippen MR) is 112 cm³/mol. The van der Waals surface area contributed by atoms with Gasteiger partial charge in [-0.2, -0.15) is 5.10 Å². The Morgan fingerprint density at radius 1 is 1.11 bits per heavy atom. The number of amides is 1. The average molecular weight is 411 g/mol. The van der Waals surface area contributed by atoms with E-state index in [9.17, 15) is 9.59 Å². The lowest BCUT2D eigenvalue weighted by Crippen LogP contribution is -2.26. The van der Waals surface area contributed by atoms with Gasteiger partial charge < -0.3 is 0 Å². The summed E-state index contributed by atoms with van der Waals surface area (Å²) in [5.74, 6) is -0.594. The Hall–Kier alpha value is -3.03. The van der Waals surface area contributed by atoms with Crippen LogP contribution in [0.1, 0.15) is 21.7 Å². The normalized spacial score (nSPS) is 11.0. The molecule has 0 saturated heterocycles. The fourth-order valence-corrected chi connectivity index (χ4v) is 3.88. The van der Waals surface area contributed by atoms with Crippen LogP contribution in [0.5, 0.6) is 0 Å². The molecule has 2 aromatic carbocycles. The van der Waals surface area contributed by atoms with Crippen molar-refractivity contribution in [3.63, 3.8) is 0 Å². The van der Waals surface area contributed by atoms with Crippen LogP contribution in [0.3, 0.4) is 0 Å². The molecule has 0 bridgehead atoms. The molecule has 0 aliphatic carbocycles. The first-order valence-electron chi connectivity index (χ1n) is 8.46. The number of aromatic nitrogens is 3. The van der Waals surface area contributed by atoms with Crippen LogP contribution in [0.2, 0.25) is 5.02 Å². The number of fused-ring (bicyclic) bond motifs is 1. The first-order valence-corrected chi connectivity index (χ1v) is 9.65. The predicted octanol–water partition coefficient (Wildman–Crippen LogP) is 4.36. The van der Waals surface area contributed by atoms with E-state index in [-0.39, 0.29) is 5.69 Å². The molecule has 8 heteroatoms. The number of nitrogens with one attached hydrogen (secondary N) is 1. The van der Waals surface area contributed by atoms with E-state index in [4.69, 9.17) is 11.6 Å². The first kappa shape index (κ1) is 18.3. The zero-order valence-corrected chi connectivity index (χ0v) is 16.6. The number of aryl methyl sites for hydroxylation is 2. The Bertz CT molecular complexity index is 1260. The van der Waals surface area contributed by atoms with Gasteiger partial charge in [0.05, 0.1) is 15.9 Å². The van der Waals surface area contributed by atoms with Gasteiger partial charge in [-0.1, -0.05) is 29.0 Å². The number of carbonyl (C=O) groups excluding carboxylic acids is 1. The number of rotatable bonds is 3. The van der Waals surface area contributed by atoms with E-state index in [1.54, 1.807) is 31.2 Å². The fourth-order valence-electron chi connectivity index (χ4n) is 2.79. The summed E-state index contributed by atoms with van der Waals surface area (Å²) in [6.45, 7) is 3.74. The lowest BCUT2D eigenvalue weighted by atomic mass is 10.2. The maximum absolute atomic E-state index is 12.7. The van der Waals surface area contributed by atoms with Gasteiger partial charge in [-0.3, -0.25) is 14.9 Å². The molecule has 0 radical (unpaired) electrons. The van der Waals surface area contributed by atoms with Crippen LogP contribution in [-0.2, 0) is 0 Å². The van der Waals surface area contributed by atoms with Crippen LogP contribution < -0.4 is 10.7 Å². The number of anilines is 1. The molecule has 6 nitrogen and oxygen atoms in total. The van der Waals surface area contributed by atoms with E-state index >= 15 is 0 Å². The summed E-state index contributed by atoms with van der Waals surface area (Å²) in [4.78, 5) is 29.4. The zero-order valence-electron chi connectivity index (χ0n) is 15.1. The standard InChI is InChI=1S/C20H15ClN4O2S/c1-11-3-8-15-17(9-11)28-20(22-15)23-19(27)18-16(26)10-12(2)25(24-18)14-6-4-13(21)5-7-14/h3-10H,1-2H3,(H,22,23,27). The lowest BCUT2D eigenvalue weighted by molar-refractivity contribution is 0.101. The van der Waals surface area contributed by atoms with Gasteiger partial charge in [0.2, 0.25) is 5.43 Å². The molecule has 28 heavy (non-hydrogen) atoms. The summed E-state index contributed by atoms with van der Waals surface area (Å²) < 4.78 is 2.50. The molecule has 0 unspecified atom stereocenters. The van der Waals surface area contributed by atoms with Crippen molar-refractivity contribution in [3.8, 4) is 5.69 Å². The highest BCUT2D eigenvalue weighted by atomic mass is 35.5. The molecule has 4 aromatic rings. The summed E-state index contributed by atoms with van der Waals surface area (Å²) in [5, 5.41) is 7.96. The Kier molecular flexibility index (Phi) is 4.70. The molecule has 2 heterocycles. The molecule has 0 saturated carbocycles. The third-order valence-electron chi connectivity index (χ3n) is 4.16. The molecule has 0 aliphatic heterocycles. The molecule has 2 aromatic heterocycles. The third-order valence-corrected chi connectivity index (χ3v) is 5.34. The maximum Gasteiger partial charge on any atom is 0.281 e. The quantitative estimate of drug-likeness (QED) is 0.544. The summed E-state index contributed by atoms with van der Waals surface area (Å²) in [6.07, 6.45) is 0. The average Bonchev–Trinajstić information content (AvgIpc) is 3.04. The topological polar surface area (TPSA) is 76.9 Å². The number of nitrogens with zero attached hydrogens (tertiary/aromatic N) is 3. The van der Waals surface area contributed by atoms with Crippen molar-refractivity contribution < 1.29 is 4.79 Å². The van der Waals surface area contributed by atoms with E-state index in [0.717, 1.165) is 15.8 Å². The monoisotopic (exact) mass is 410 g/mol. The minimum Gasteiger partial charge on any atom is -0.296 e. The number of hydrogen-bond acceptors (Lipinski definition) is 5. The van der Waals surface area contributed by atoms with Crippen molar-refractivity contribution in [1.82, 2.24) is 14.8 Å². The fraction of sp³-hybridized carbons (Fsp3) is 0.100.